The minimum absolute atomic E-state index is 0.468. The molecule has 20 heavy (non-hydrogen) atoms. The molecule has 7 heteroatoms. The summed E-state index contributed by atoms with van der Waals surface area (Å²) in [5, 5.41) is 12.9. The second-order valence-electron chi connectivity index (χ2n) is 4.14. The molecule has 0 saturated heterocycles. The highest BCUT2D eigenvalue weighted by atomic mass is 79.9. The molecule has 2 aromatic heterocycles. The Labute approximate surface area is 128 Å². The van der Waals surface area contributed by atoms with Gasteiger partial charge in [0.1, 0.15) is 5.15 Å². The molecule has 0 saturated carbocycles. The third-order valence-corrected chi connectivity index (χ3v) is 3.42. The Bertz CT molecular complexity index is 708. The van der Waals surface area contributed by atoms with E-state index in [1.807, 2.05) is 30.3 Å². The fourth-order valence-corrected chi connectivity index (χ4v) is 2.06. The predicted molar refractivity (Wildman–Crippen MR) is 79.3 cm³/mol. The Balaban J connectivity index is 1.80. The fourth-order valence-electron chi connectivity index (χ4n) is 1.69. The first-order valence-electron chi connectivity index (χ1n) is 5.85. The van der Waals surface area contributed by atoms with Crippen molar-refractivity contribution in [1.82, 2.24) is 25.2 Å². The van der Waals surface area contributed by atoms with Crippen molar-refractivity contribution in [3.63, 3.8) is 0 Å². The SMILES string of the molecule is Clc1ccc(Cn2nnc(-c3ccc(Br)cc3)n2)cn1. The van der Waals surface area contributed by atoms with Gasteiger partial charge in [0.15, 0.2) is 0 Å². The van der Waals surface area contributed by atoms with Crippen LogP contribution in [0.1, 0.15) is 5.56 Å². The highest BCUT2D eigenvalue weighted by Gasteiger charge is 2.06. The Morgan fingerprint density at radius 2 is 1.90 bits per heavy atom. The van der Waals surface area contributed by atoms with Crippen LogP contribution >= 0.6 is 27.5 Å². The number of benzene rings is 1. The Morgan fingerprint density at radius 3 is 2.60 bits per heavy atom. The van der Waals surface area contributed by atoms with Gasteiger partial charge in [-0.2, -0.15) is 4.80 Å². The lowest BCUT2D eigenvalue weighted by atomic mass is 10.2. The molecule has 0 aliphatic carbocycles. The summed E-state index contributed by atoms with van der Waals surface area (Å²) in [6.45, 7) is 0.508. The average Bonchev–Trinajstić information content (AvgIpc) is 2.91. The quantitative estimate of drug-likeness (QED) is 0.681. The number of hydrogen-bond donors (Lipinski definition) is 0. The van der Waals surface area contributed by atoms with Gasteiger partial charge in [0, 0.05) is 16.2 Å². The number of nitrogens with zero attached hydrogens (tertiary/aromatic N) is 5. The van der Waals surface area contributed by atoms with E-state index in [1.165, 1.54) is 4.80 Å². The van der Waals surface area contributed by atoms with Gasteiger partial charge >= 0.3 is 0 Å². The average molecular weight is 351 g/mol. The van der Waals surface area contributed by atoms with Gasteiger partial charge < -0.3 is 0 Å². The van der Waals surface area contributed by atoms with Gasteiger partial charge in [0.05, 0.1) is 6.54 Å². The molecule has 0 unspecified atom stereocenters. The predicted octanol–water partition coefficient (Wildman–Crippen LogP) is 3.20. The van der Waals surface area contributed by atoms with Crippen LogP contribution in [0.4, 0.5) is 0 Å². The molecule has 0 radical (unpaired) electrons. The van der Waals surface area contributed by atoms with Crippen molar-refractivity contribution in [2.45, 2.75) is 6.54 Å². The highest BCUT2D eigenvalue weighted by Crippen LogP contribution is 2.17. The number of aromatic nitrogens is 5. The first kappa shape index (κ1) is 13.2. The monoisotopic (exact) mass is 349 g/mol. The van der Waals surface area contributed by atoms with Crippen molar-refractivity contribution in [1.29, 1.82) is 0 Å². The van der Waals surface area contributed by atoms with Crippen LogP contribution in [-0.2, 0) is 6.54 Å². The van der Waals surface area contributed by atoms with Crippen molar-refractivity contribution in [3.8, 4) is 11.4 Å². The minimum atomic E-state index is 0.468. The number of pyridine rings is 1. The van der Waals surface area contributed by atoms with Crippen LogP contribution in [0.3, 0.4) is 0 Å². The van der Waals surface area contributed by atoms with Crippen LogP contribution in [0, 0.1) is 0 Å². The van der Waals surface area contributed by atoms with Gasteiger partial charge in [-0.1, -0.05) is 33.6 Å². The summed E-state index contributed by atoms with van der Waals surface area (Å²) < 4.78 is 1.01. The van der Waals surface area contributed by atoms with E-state index in [2.05, 4.69) is 36.3 Å². The van der Waals surface area contributed by atoms with Crippen molar-refractivity contribution in [2.75, 3.05) is 0 Å². The first-order valence-corrected chi connectivity index (χ1v) is 7.02. The van der Waals surface area contributed by atoms with Crippen LogP contribution in [-0.4, -0.2) is 25.2 Å². The summed E-state index contributed by atoms with van der Waals surface area (Å²) in [7, 11) is 0. The zero-order chi connectivity index (χ0) is 13.9. The van der Waals surface area contributed by atoms with Gasteiger partial charge in [-0.15, -0.1) is 10.2 Å². The van der Waals surface area contributed by atoms with Crippen molar-refractivity contribution in [2.24, 2.45) is 0 Å². The van der Waals surface area contributed by atoms with Gasteiger partial charge in [-0.05, 0) is 41.1 Å². The lowest BCUT2D eigenvalue weighted by molar-refractivity contribution is 0.572. The molecular weight excluding hydrogens is 342 g/mol. The first-order chi connectivity index (χ1) is 9.70. The topological polar surface area (TPSA) is 56.5 Å². The summed E-state index contributed by atoms with van der Waals surface area (Å²) in [5.74, 6) is 0.597. The Kier molecular flexibility index (Phi) is 3.75. The maximum Gasteiger partial charge on any atom is 0.204 e. The van der Waals surface area contributed by atoms with Crippen molar-refractivity contribution >= 4 is 27.5 Å². The fraction of sp³-hybridized carbons (Fsp3) is 0.0769. The summed E-state index contributed by atoms with van der Waals surface area (Å²) in [5.41, 5.74) is 1.89. The van der Waals surface area contributed by atoms with Crippen LogP contribution in [0.2, 0.25) is 5.15 Å². The second kappa shape index (κ2) is 5.68. The summed E-state index contributed by atoms with van der Waals surface area (Å²) in [6, 6.07) is 11.4. The minimum Gasteiger partial charge on any atom is -0.244 e. The van der Waals surface area contributed by atoms with Crippen molar-refractivity contribution < 1.29 is 0 Å². The van der Waals surface area contributed by atoms with E-state index in [1.54, 1.807) is 12.3 Å². The van der Waals surface area contributed by atoms with E-state index < -0.39 is 0 Å². The molecular formula is C13H9BrClN5. The summed E-state index contributed by atoms with van der Waals surface area (Å²) >= 11 is 9.14. The maximum absolute atomic E-state index is 5.75. The Hall–Kier alpha value is -1.79. The van der Waals surface area contributed by atoms with Crippen LogP contribution in [0.5, 0.6) is 0 Å². The number of tetrazole rings is 1. The van der Waals surface area contributed by atoms with E-state index in [-0.39, 0.29) is 0 Å². The van der Waals surface area contributed by atoms with E-state index in [0.717, 1.165) is 15.6 Å². The molecule has 0 aliphatic heterocycles. The smallest absolute Gasteiger partial charge is 0.204 e. The molecule has 1 aromatic carbocycles. The molecule has 3 rings (SSSR count). The summed E-state index contributed by atoms with van der Waals surface area (Å²) in [6.07, 6.45) is 1.70. The molecule has 0 amide bonds. The van der Waals surface area contributed by atoms with Crippen molar-refractivity contribution in [3.05, 3.63) is 57.8 Å². The van der Waals surface area contributed by atoms with Gasteiger partial charge in [-0.3, -0.25) is 0 Å². The number of hydrogen-bond acceptors (Lipinski definition) is 4. The molecule has 0 atom stereocenters. The molecule has 0 bridgehead atoms. The normalized spacial score (nSPS) is 10.7. The van der Waals surface area contributed by atoms with Gasteiger partial charge in [0.2, 0.25) is 5.82 Å². The molecule has 0 aliphatic rings. The second-order valence-corrected chi connectivity index (χ2v) is 5.44. The molecule has 5 nitrogen and oxygen atoms in total. The molecule has 0 fully saturated rings. The molecule has 2 heterocycles. The van der Waals surface area contributed by atoms with Crippen LogP contribution in [0.15, 0.2) is 47.1 Å². The lowest BCUT2D eigenvalue weighted by Gasteiger charge is -1.98. The third-order valence-electron chi connectivity index (χ3n) is 2.67. The number of rotatable bonds is 3. The molecule has 3 aromatic rings. The van der Waals surface area contributed by atoms with Crippen LogP contribution < -0.4 is 0 Å². The van der Waals surface area contributed by atoms with E-state index in [0.29, 0.717) is 17.5 Å². The van der Waals surface area contributed by atoms with E-state index in [9.17, 15) is 0 Å². The molecule has 100 valence electrons. The maximum atomic E-state index is 5.75. The standard InChI is InChI=1S/C13H9BrClN5/c14-11-4-2-10(3-5-11)13-17-19-20(18-13)8-9-1-6-12(15)16-7-9/h1-7H,8H2. The molecule has 0 spiro atoms. The lowest BCUT2D eigenvalue weighted by Crippen LogP contribution is -2.04. The molecule has 0 N–H and O–H groups in total. The largest absolute Gasteiger partial charge is 0.244 e. The van der Waals surface area contributed by atoms with Crippen LogP contribution in [0.25, 0.3) is 11.4 Å². The van der Waals surface area contributed by atoms with Gasteiger partial charge in [0.25, 0.3) is 0 Å². The van der Waals surface area contributed by atoms with E-state index >= 15 is 0 Å². The number of halogens is 2. The van der Waals surface area contributed by atoms with Gasteiger partial charge in [-0.25, -0.2) is 4.98 Å². The highest BCUT2D eigenvalue weighted by molar-refractivity contribution is 9.10. The van der Waals surface area contributed by atoms with E-state index in [4.69, 9.17) is 11.6 Å². The zero-order valence-electron chi connectivity index (χ0n) is 10.2. The Morgan fingerprint density at radius 1 is 1.10 bits per heavy atom. The summed E-state index contributed by atoms with van der Waals surface area (Å²) in [4.78, 5) is 5.55. The third kappa shape index (κ3) is 3.02. The zero-order valence-corrected chi connectivity index (χ0v) is 12.6.